The fourth-order valence-electron chi connectivity index (χ4n) is 2.46. The third kappa shape index (κ3) is 3.48. The van der Waals surface area contributed by atoms with Crippen LogP contribution in [-0.2, 0) is 5.54 Å². The molecule has 0 radical (unpaired) electrons. The van der Waals surface area contributed by atoms with E-state index in [0.29, 0.717) is 0 Å². The van der Waals surface area contributed by atoms with Gasteiger partial charge in [0.15, 0.2) is 0 Å². The smallest absolute Gasteiger partial charge is 0.319 e. The molecule has 3 heteroatoms. The van der Waals surface area contributed by atoms with Crippen molar-refractivity contribution in [3.05, 3.63) is 65.2 Å². The molecular weight excluding hydrogens is 272 g/mol. The van der Waals surface area contributed by atoms with Crippen LogP contribution in [0.5, 0.6) is 0 Å². The molecule has 116 valence electrons. The van der Waals surface area contributed by atoms with E-state index in [1.807, 2.05) is 69.3 Å². The minimum atomic E-state index is -0.386. The van der Waals surface area contributed by atoms with Crippen LogP contribution >= 0.6 is 0 Å². The second-order valence-electron chi connectivity index (χ2n) is 5.88. The number of urea groups is 1. The zero-order chi connectivity index (χ0) is 16.2. The van der Waals surface area contributed by atoms with Crippen molar-refractivity contribution in [2.24, 2.45) is 0 Å². The Labute approximate surface area is 132 Å². The number of nitrogens with one attached hydrogen (secondary N) is 2. The maximum atomic E-state index is 12.4. The van der Waals surface area contributed by atoms with E-state index in [0.717, 1.165) is 23.2 Å². The molecule has 0 saturated heterocycles. The lowest BCUT2D eigenvalue weighted by molar-refractivity contribution is 0.238. The summed E-state index contributed by atoms with van der Waals surface area (Å²) >= 11 is 0. The quantitative estimate of drug-likeness (QED) is 0.840. The maximum absolute atomic E-state index is 12.4. The molecule has 0 aliphatic heterocycles. The lowest BCUT2D eigenvalue weighted by atomic mass is 9.89. The number of anilines is 1. The molecule has 0 spiro atoms. The molecular formula is C19H24N2O. The van der Waals surface area contributed by atoms with Crippen LogP contribution in [0.15, 0.2) is 48.5 Å². The summed E-state index contributed by atoms with van der Waals surface area (Å²) in [7, 11) is 0. The summed E-state index contributed by atoms with van der Waals surface area (Å²) in [5.41, 5.74) is 3.83. The SMILES string of the molecule is CCC(C)(NC(=O)Nc1cccc(C)c1C)c1ccccc1. The molecule has 2 rings (SSSR count). The van der Waals surface area contributed by atoms with Gasteiger partial charge in [0.2, 0.25) is 0 Å². The number of amides is 2. The van der Waals surface area contributed by atoms with Gasteiger partial charge < -0.3 is 10.6 Å². The zero-order valence-corrected chi connectivity index (χ0v) is 13.7. The van der Waals surface area contributed by atoms with Crippen molar-refractivity contribution < 1.29 is 4.79 Å². The van der Waals surface area contributed by atoms with Crippen LogP contribution in [-0.4, -0.2) is 6.03 Å². The average molecular weight is 296 g/mol. The highest BCUT2D eigenvalue weighted by molar-refractivity contribution is 5.90. The van der Waals surface area contributed by atoms with Gasteiger partial charge >= 0.3 is 6.03 Å². The van der Waals surface area contributed by atoms with Gasteiger partial charge in [-0.1, -0.05) is 49.4 Å². The number of carbonyl (C=O) groups excluding carboxylic acids is 1. The normalized spacial score (nSPS) is 13.3. The summed E-state index contributed by atoms with van der Waals surface area (Å²) in [6.07, 6.45) is 0.817. The first-order valence-electron chi connectivity index (χ1n) is 7.67. The Bertz CT molecular complexity index is 652. The van der Waals surface area contributed by atoms with Crippen molar-refractivity contribution in [3.8, 4) is 0 Å². The lowest BCUT2D eigenvalue weighted by Crippen LogP contribution is -2.45. The molecule has 22 heavy (non-hydrogen) atoms. The summed E-state index contributed by atoms with van der Waals surface area (Å²) < 4.78 is 0. The Balaban J connectivity index is 2.15. The molecule has 0 saturated carbocycles. The largest absolute Gasteiger partial charge is 0.329 e. The Morgan fingerprint density at radius 1 is 1.05 bits per heavy atom. The topological polar surface area (TPSA) is 41.1 Å². The molecule has 3 nitrogen and oxygen atoms in total. The van der Waals surface area contributed by atoms with E-state index in [9.17, 15) is 4.79 Å². The summed E-state index contributed by atoms with van der Waals surface area (Å²) in [5.74, 6) is 0. The third-order valence-electron chi connectivity index (χ3n) is 4.36. The third-order valence-corrected chi connectivity index (χ3v) is 4.36. The van der Waals surface area contributed by atoms with Gasteiger partial charge in [-0.3, -0.25) is 0 Å². The first-order valence-corrected chi connectivity index (χ1v) is 7.67. The molecule has 0 bridgehead atoms. The highest BCUT2D eigenvalue weighted by atomic mass is 16.2. The second-order valence-corrected chi connectivity index (χ2v) is 5.88. The summed E-state index contributed by atoms with van der Waals surface area (Å²) in [6.45, 7) is 8.18. The molecule has 2 aromatic rings. The van der Waals surface area contributed by atoms with Crippen molar-refractivity contribution in [3.63, 3.8) is 0 Å². The molecule has 2 N–H and O–H groups in total. The highest BCUT2D eigenvalue weighted by Gasteiger charge is 2.26. The monoisotopic (exact) mass is 296 g/mol. The fraction of sp³-hybridized carbons (Fsp3) is 0.316. The molecule has 0 aromatic heterocycles. The number of benzene rings is 2. The van der Waals surface area contributed by atoms with Crippen LogP contribution in [0.1, 0.15) is 37.0 Å². The van der Waals surface area contributed by atoms with Gasteiger partial charge in [0.1, 0.15) is 0 Å². The van der Waals surface area contributed by atoms with Crippen molar-refractivity contribution in [1.29, 1.82) is 0 Å². The molecule has 0 aliphatic rings. The molecule has 0 heterocycles. The Kier molecular flexibility index (Phi) is 4.86. The van der Waals surface area contributed by atoms with Gasteiger partial charge in [0.25, 0.3) is 0 Å². The van der Waals surface area contributed by atoms with Gasteiger partial charge in [-0.15, -0.1) is 0 Å². The van der Waals surface area contributed by atoms with E-state index in [1.165, 1.54) is 5.56 Å². The highest BCUT2D eigenvalue weighted by Crippen LogP contribution is 2.25. The molecule has 0 aliphatic carbocycles. The Hall–Kier alpha value is -2.29. The molecule has 1 unspecified atom stereocenters. The van der Waals surface area contributed by atoms with Crippen LogP contribution in [0.2, 0.25) is 0 Å². The number of hydrogen-bond acceptors (Lipinski definition) is 1. The minimum Gasteiger partial charge on any atom is -0.329 e. The van der Waals surface area contributed by atoms with Crippen LogP contribution in [0.4, 0.5) is 10.5 Å². The van der Waals surface area contributed by atoms with Crippen LogP contribution in [0.25, 0.3) is 0 Å². The summed E-state index contributed by atoms with van der Waals surface area (Å²) in [4.78, 5) is 12.4. The number of aryl methyl sites for hydroxylation is 1. The van der Waals surface area contributed by atoms with Crippen molar-refractivity contribution >= 4 is 11.7 Å². The average Bonchev–Trinajstić information content (AvgIpc) is 2.52. The van der Waals surface area contributed by atoms with E-state index in [4.69, 9.17) is 0 Å². The zero-order valence-electron chi connectivity index (χ0n) is 13.7. The predicted octanol–water partition coefficient (Wildman–Crippen LogP) is 4.75. The van der Waals surface area contributed by atoms with Gasteiger partial charge in [0.05, 0.1) is 5.54 Å². The van der Waals surface area contributed by atoms with Gasteiger partial charge in [-0.05, 0) is 49.9 Å². The number of rotatable bonds is 4. The first kappa shape index (κ1) is 16.1. The molecule has 2 amide bonds. The Morgan fingerprint density at radius 3 is 2.36 bits per heavy atom. The second kappa shape index (κ2) is 6.65. The standard InChI is InChI=1S/C19H24N2O/c1-5-19(4,16-11-7-6-8-12-16)21-18(22)20-17-13-9-10-14(2)15(17)3/h6-13H,5H2,1-4H3,(H2,20,21,22). The van der Waals surface area contributed by atoms with Crippen LogP contribution < -0.4 is 10.6 Å². The van der Waals surface area contributed by atoms with E-state index < -0.39 is 0 Å². The van der Waals surface area contributed by atoms with E-state index in [-0.39, 0.29) is 11.6 Å². The van der Waals surface area contributed by atoms with E-state index >= 15 is 0 Å². The molecule has 0 fully saturated rings. The Morgan fingerprint density at radius 2 is 1.73 bits per heavy atom. The van der Waals surface area contributed by atoms with Gasteiger partial charge in [-0.2, -0.15) is 0 Å². The number of hydrogen-bond donors (Lipinski definition) is 2. The van der Waals surface area contributed by atoms with Gasteiger partial charge in [-0.25, -0.2) is 4.79 Å². The van der Waals surface area contributed by atoms with E-state index in [1.54, 1.807) is 0 Å². The van der Waals surface area contributed by atoms with Crippen molar-refractivity contribution in [2.75, 3.05) is 5.32 Å². The summed E-state index contributed by atoms with van der Waals surface area (Å²) in [5, 5.41) is 6.07. The van der Waals surface area contributed by atoms with E-state index in [2.05, 4.69) is 17.6 Å². The van der Waals surface area contributed by atoms with Crippen molar-refractivity contribution in [2.45, 2.75) is 39.7 Å². The number of carbonyl (C=O) groups is 1. The van der Waals surface area contributed by atoms with Crippen LogP contribution in [0.3, 0.4) is 0 Å². The van der Waals surface area contributed by atoms with Crippen LogP contribution in [0, 0.1) is 13.8 Å². The fourth-order valence-corrected chi connectivity index (χ4v) is 2.46. The van der Waals surface area contributed by atoms with Crippen molar-refractivity contribution in [1.82, 2.24) is 5.32 Å². The van der Waals surface area contributed by atoms with Gasteiger partial charge in [0, 0.05) is 5.69 Å². The molecule has 2 aromatic carbocycles. The minimum absolute atomic E-state index is 0.179. The lowest BCUT2D eigenvalue weighted by Gasteiger charge is -2.30. The maximum Gasteiger partial charge on any atom is 0.319 e. The first-order chi connectivity index (χ1) is 10.5. The summed E-state index contributed by atoms with van der Waals surface area (Å²) in [6, 6.07) is 15.8. The molecule has 1 atom stereocenters. The predicted molar refractivity (Wildman–Crippen MR) is 92.2 cm³/mol.